The van der Waals surface area contributed by atoms with Gasteiger partial charge in [-0.2, -0.15) is 0 Å². The largest absolute Gasteiger partial charge is 0.488 e. The Balaban J connectivity index is 1.80. The van der Waals surface area contributed by atoms with E-state index in [1.807, 2.05) is 35.2 Å². The Morgan fingerprint density at radius 3 is 3.05 bits per heavy atom. The Bertz CT molecular complexity index is 521. The second-order valence-electron chi connectivity index (χ2n) is 5.49. The molecule has 0 saturated carbocycles. The Kier molecular flexibility index (Phi) is 3.28. The monoisotopic (exact) mass is 257 g/mol. The van der Waals surface area contributed by atoms with Crippen LogP contribution in [0.2, 0.25) is 0 Å². The first-order valence-electron chi connectivity index (χ1n) is 6.96. The second-order valence-corrected chi connectivity index (χ2v) is 5.49. The van der Waals surface area contributed by atoms with Gasteiger partial charge < -0.3 is 9.64 Å². The number of carbonyl (C=O) groups excluding carboxylic acids is 1. The molecule has 0 spiro atoms. The van der Waals surface area contributed by atoms with E-state index in [2.05, 4.69) is 6.92 Å². The van der Waals surface area contributed by atoms with Crippen molar-refractivity contribution in [1.82, 2.24) is 4.90 Å². The van der Waals surface area contributed by atoms with Crippen LogP contribution in [0.4, 0.5) is 0 Å². The first-order chi connectivity index (χ1) is 9.24. The summed E-state index contributed by atoms with van der Waals surface area (Å²) < 4.78 is 5.66. The zero-order valence-corrected chi connectivity index (χ0v) is 11.3. The van der Waals surface area contributed by atoms with Crippen molar-refractivity contribution in [1.29, 1.82) is 0 Å². The van der Waals surface area contributed by atoms with E-state index >= 15 is 0 Å². The molecule has 3 rings (SSSR count). The number of nitrogens with zero attached hydrogens (tertiary/aromatic N) is 1. The van der Waals surface area contributed by atoms with Crippen molar-refractivity contribution in [3.63, 3.8) is 0 Å². The third-order valence-electron chi connectivity index (χ3n) is 3.85. The third kappa shape index (κ3) is 2.50. The molecule has 0 unspecified atom stereocenters. The van der Waals surface area contributed by atoms with Gasteiger partial charge in [0.1, 0.15) is 12.4 Å². The van der Waals surface area contributed by atoms with E-state index in [1.165, 1.54) is 6.42 Å². The number of carbonyl (C=O) groups is 1. The molecule has 0 radical (unpaired) electrons. The summed E-state index contributed by atoms with van der Waals surface area (Å²) >= 11 is 0. The highest BCUT2D eigenvalue weighted by Crippen LogP contribution is 2.27. The maximum absolute atomic E-state index is 12.5. The summed E-state index contributed by atoms with van der Waals surface area (Å²) in [7, 11) is 0. The van der Waals surface area contributed by atoms with Crippen LogP contribution in [0.1, 0.15) is 25.3 Å². The number of rotatable bonds is 1. The van der Waals surface area contributed by atoms with Crippen LogP contribution in [0.25, 0.3) is 6.08 Å². The van der Waals surface area contributed by atoms with Gasteiger partial charge in [0.15, 0.2) is 0 Å². The van der Waals surface area contributed by atoms with Gasteiger partial charge in [0.25, 0.3) is 5.91 Å². The minimum Gasteiger partial charge on any atom is -0.488 e. The fraction of sp³-hybridized carbons (Fsp3) is 0.438. The van der Waals surface area contributed by atoms with Crippen LogP contribution in [0.15, 0.2) is 29.8 Å². The summed E-state index contributed by atoms with van der Waals surface area (Å²) in [5.41, 5.74) is 1.77. The summed E-state index contributed by atoms with van der Waals surface area (Å²) in [6.45, 7) is 4.35. The van der Waals surface area contributed by atoms with Gasteiger partial charge in [-0.3, -0.25) is 4.79 Å². The molecule has 1 amide bonds. The number of ether oxygens (including phenoxy) is 1. The average molecular weight is 257 g/mol. The molecule has 2 aliphatic rings. The Hall–Kier alpha value is -1.77. The molecular formula is C16H19NO2. The molecule has 1 fully saturated rings. The van der Waals surface area contributed by atoms with Gasteiger partial charge in [-0.15, -0.1) is 0 Å². The van der Waals surface area contributed by atoms with Gasteiger partial charge in [0, 0.05) is 18.7 Å². The smallest absolute Gasteiger partial charge is 0.253 e. The number of piperidine rings is 1. The molecule has 100 valence electrons. The van der Waals surface area contributed by atoms with Gasteiger partial charge in [0.05, 0.1) is 5.57 Å². The van der Waals surface area contributed by atoms with Crippen molar-refractivity contribution in [2.45, 2.75) is 19.8 Å². The fourth-order valence-corrected chi connectivity index (χ4v) is 2.82. The molecule has 1 aromatic rings. The average Bonchev–Trinajstić information content (AvgIpc) is 2.46. The minimum absolute atomic E-state index is 0.140. The maximum Gasteiger partial charge on any atom is 0.253 e. The van der Waals surface area contributed by atoms with E-state index in [1.54, 1.807) is 0 Å². The third-order valence-corrected chi connectivity index (χ3v) is 3.85. The Morgan fingerprint density at radius 2 is 2.21 bits per heavy atom. The lowest BCUT2D eigenvalue weighted by Gasteiger charge is -2.32. The molecular weight excluding hydrogens is 238 g/mol. The molecule has 1 saturated heterocycles. The molecule has 3 nitrogen and oxygen atoms in total. The minimum atomic E-state index is 0.140. The standard InChI is InChI=1S/C16H19NO2/c1-12-5-4-8-17(10-12)16(18)14-9-13-6-2-3-7-15(13)19-11-14/h2-3,6-7,9,12H,4-5,8,10-11H2,1H3/t12-/m0/s1. The molecule has 2 heterocycles. The lowest BCUT2D eigenvalue weighted by Crippen LogP contribution is -2.41. The van der Waals surface area contributed by atoms with E-state index in [0.29, 0.717) is 12.5 Å². The summed E-state index contributed by atoms with van der Waals surface area (Å²) in [6, 6.07) is 7.84. The molecule has 19 heavy (non-hydrogen) atoms. The molecule has 0 N–H and O–H groups in total. The van der Waals surface area contributed by atoms with Crippen LogP contribution in [0.3, 0.4) is 0 Å². The highest BCUT2D eigenvalue weighted by molar-refractivity contribution is 5.99. The van der Waals surface area contributed by atoms with Crippen LogP contribution >= 0.6 is 0 Å². The van der Waals surface area contributed by atoms with E-state index in [4.69, 9.17) is 4.74 Å². The second kappa shape index (κ2) is 5.08. The number of benzene rings is 1. The van der Waals surface area contributed by atoms with E-state index in [-0.39, 0.29) is 5.91 Å². The zero-order valence-electron chi connectivity index (χ0n) is 11.3. The van der Waals surface area contributed by atoms with Gasteiger partial charge in [-0.05, 0) is 30.9 Å². The predicted molar refractivity (Wildman–Crippen MR) is 74.9 cm³/mol. The van der Waals surface area contributed by atoms with E-state index in [0.717, 1.165) is 36.4 Å². The molecule has 3 heteroatoms. The van der Waals surface area contributed by atoms with E-state index < -0.39 is 0 Å². The normalized spacial score (nSPS) is 22.3. The number of hydrogen-bond acceptors (Lipinski definition) is 2. The number of amides is 1. The summed E-state index contributed by atoms with van der Waals surface area (Å²) in [5, 5.41) is 0. The molecule has 0 aromatic heterocycles. The van der Waals surface area contributed by atoms with Crippen molar-refractivity contribution in [2.75, 3.05) is 19.7 Å². The van der Waals surface area contributed by atoms with Crippen LogP contribution in [0, 0.1) is 5.92 Å². The maximum atomic E-state index is 12.5. The highest BCUT2D eigenvalue weighted by atomic mass is 16.5. The van der Waals surface area contributed by atoms with Gasteiger partial charge in [-0.1, -0.05) is 25.1 Å². The predicted octanol–water partition coefficient (Wildman–Crippen LogP) is 2.72. The van der Waals surface area contributed by atoms with Crippen LogP contribution < -0.4 is 4.74 Å². The van der Waals surface area contributed by atoms with Crippen molar-refractivity contribution in [3.8, 4) is 5.75 Å². The Morgan fingerprint density at radius 1 is 1.37 bits per heavy atom. The Labute approximate surface area is 113 Å². The lowest BCUT2D eigenvalue weighted by molar-refractivity contribution is -0.129. The van der Waals surface area contributed by atoms with Gasteiger partial charge in [-0.25, -0.2) is 0 Å². The molecule has 0 bridgehead atoms. The summed E-state index contributed by atoms with van der Waals surface area (Å²) in [5.74, 6) is 1.61. The summed E-state index contributed by atoms with van der Waals surface area (Å²) in [6.07, 6.45) is 4.31. The van der Waals surface area contributed by atoms with Gasteiger partial charge in [0.2, 0.25) is 0 Å². The first-order valence-corrected chi connectivity index (χ1v) is 6.96. The van der Waals surface area contributed by atoms with Crippen molar-refractivity contribution in [3.05, 3.63) is 35.4 Å². The number of likely N-dealkylation sites (tertiary alicyclic amines) is 1. The molecule has 2 aliphatic heterocycles. The van der Waals surface area contributed by atoms with Gasteiger partial charge >= 0.3 is 0 Å². The number of fused-ring (bicyclic) bond motifs is 1. The van der Waals surface area contributed by atoms with Crippen LogP contribution in [-0.4, -0.2) is 30.5 Å². The fourth-order valence-electron chi connectivity index (χ4n) is 2.82. The van der Waals surface area contributed by atoms with Crippen molar-refractivity contribution < 1.29 is 9.53 Å². The zero-order chi connectivity index (χ0) is 13.2. The first kappa shape index (κ1) is 12.3. The number of para-hydroxylation sites is 1. The van der Waals surface area contributed by atoms with Crippen molar-refractivity contribution in [2.24, 2.45) is 5.92 Å². The van der Waals surface area contributed by atoms with Crippen LogP contribution in [-0.2, 0) is 4.79 Å². The molecule has 1 atom stereocenters. The SMILES string of the molecule is C[C@H]1CCCN(C(=O)C2=Cc3ccccc3OC2)C1. The molecule has 0 aliphatic carbocycles. The molecule has 1 aromatic carbocycles. The summed E-state index contributed by atoms with van der Waals surface area (Å²) in [4.78, 5) is 14.5. The van der Waals surface area contributed by atoms with Crippen molar-refractivity contribution >= 4 is 12.0 Å². The number of hydrogen-bond donors (Lipinski definition) is 0. The lowest BCUT2D eigenvalue weighted by atomic mass is 9.99. The highest BCUT2D eigenvalue weighted by Gasteiger charge is 2.25. The van der Waals surface area contributed by atoms with E-state index in [9.17, 15) is 4.79 Å². The van der Waals surface area contributed by atoms with Crippen LogP contribution in [0.5, 0.6) is 5.75 Å². The quantitative estimate of drug-likeness (QED) is 0.774. The topological polar surface area (TPSA) is 29.5 Å².